The van der Waals surface area contributed by atoms with Crippen LogP contribution in [0.25, 0.3) is 0 Å². The maximum absolute atomic E-state index is 13.1. The van der Waals surface area contributed by atoms with Crippen molar-refractivity contribution in [3.8, 4) is 0 Å². The van der Waals surface area contributed by atoms with Crippen molar-refractivity contribution in [1.29, 1.82) is 0 Å². The third-order valence-electron chi connectivity index (χ3n) is 6.50. The Morgan fingerprint density at radius 1 is 0.968 bits per heavy atom. The molecule has 1 N–H and O–H groups in total. The second-order valence-corrected chi connectivity index (χ2v) is 9.12. The minimum atomic E-state index is 0.0435. The van der Waals surface area contributed by atoms with Gasteiger partial charge in [-0.15, -0.1) is 0 Å². The van der Waals surface area contributed by atoms with Gasteiger partial charge in [-0.05, 0) is 60.6 Å². The largest absolute Gasteiger partial charge is 0.326 e. The zero-order chi connectivity index (χ0) is 21.8. The summed E-state index contributed by atoms with van der Waals surface area (Å²) >= 11 is 0. The molecule has 4 rings (SSSR count). The van der Waals surface area contributed by atoms with Crippen LogP contribution in [0.15, 0.2) is 48.5 Å². The molecule has 2 fully saturated rings. The Labute approximate surface area is 185 Å². The fourth-order valence-corrected chi connectivity index (χ4v) is 4.55. The van der Waals surface area contributed by atoms with Crippen LogP contribution < -0.4 is 10.2 Å². The van der Waals surface area contributed by atoms with E-state index in [1.54, 1.807) is 0 Å². The lowest BCUT2D eigenvalue weighted by Gasteiger charge is -2.35. The number of nitrogens with one attached hydrogen (secondary N) is 1. The van der Waals surface area contributed by atoms with Crippen LogP contribution in [-0.2, 0) is 11.3 Å². The molecule has 1 saturated carbocycles. The minimum Gasteiger partial charge on any atom is -0.326 e. The molecule has 0 unspecified atom stereocenters. The van der Waals surface area contributed by atoms with Crippen molar-refractivity contribution in [3.63, 3.8) is 0 Å². The average Bonchev–Trinajstić information content (AvgIpc) is 3.31. The van der Waals surface area contributed by atoms with Gasteiger partial charge in [0.1, 0.15) is 0 Å². The predicted molar refractivity (Wildman–Crippen MR) is 125 cm³/mol. The number of benzene rings is 2. The Hall–Kier alpha value is -2.82. The van der Waals surface area contributed by atoms with Gasteiger partial charge in [0.25, 0.3) is 0 Å². The summed E-state index contributed by atoms with van der Waals surface area (Å²) in [7, 11) is 0. The molecule has 2 aliphatic rings. The lowest BCUT2D eigenvalue weighted by atomic mass is 10.0. The average molecular weight is 420 g/mol. The summed E-state index contributed by atoms with van der Waals surface area (Å²) in [5.74, 6) is 0.771. The number of rotatable bonds is 6. The van der Waals surface area contributed by atoms with Gasteiger partial charge in [-0.25, -0.2) is 4.79 Å². The number of hydrogen-bond donors (Lipinski definition) is 1. The second-order valence-electron chi connectivity index (χ2n) is 9.12. The molecule has 0 bridgehead atoms. The standard InChI is InChI=1S/C26H33N3O2/c1-19(2)21-10-8-20(9-11-21)18-28-16-5-17-29(26(28)31)24-14-12-23(13-15-24)27-25(30)22-6-3-4-7-22/h8-15,19,22H,3-7,16-18H2,1-2H3,(H,27,30). The molecule has 2 aromatic rings. The van der Waals surface area contributed by atoms with Gasteiger partial charge >= 0.3 is 6.03 Å². The zero-order valence-electron chi connectivity index (χ0n) is 18.6. The summed E-state index contributed by atoms with van der Waals surface area (Å²) < 4.78 is 0. The molecule has 1 aliphatic heterocycles. The topological polar surface area (TPSA) is 52.6 Å². The molecule has 0 radical (unpaired) electrons. The van der Waals surface area contributed by atoms with Gasteiger partial charge in [0.15, 0.2) is 0 Å². The summed E-state index contributed by atoms with van der Waals surface area (Å²) in [6, 6.07) is 16.3. The third kappa shape index (κ3) is 5.09. The first-order chi connectivity index (χ1) is 15.0. The lowest BCUT2D eigenvalue weighted by Crippen LogP contribution is -2.49. The molecule has 1 aliphatic carbocycles. The van der Waals surface area contributed by atoms with Crippen LogP contribution in [0.5, 0.6) is 0 Å². The maximum atomic E-state index is 13.1. The van der Waals surface area contributed by atoms with Crippen molar-refractivity contribution in [1.82, 2.24) is 4.90 Å². The summed E-state index contributed by atoms with van der Waals surface area (Å²) in [5.41, 5.74) is 4.15. The summed E-state index contributed by atoms with van der Waals surface area (Å²) in [4.78, 5) is 29.2. The van der Waals surface area contributed by atoms with E-state index in [1.165, 1.54) is 5.56 Å². The Kier molecular flexibility index (Phi) is 6.59. The van der Waals surface area contributed by atoms with E-state index in [0.717, 1.165) is 62.1 Å². The third-order valence-corrected chi connectivity index (χ3v) is 6.50. The normalized spacial score (nSPS) is 17.5. The van der Waals surface area contributed by atoms with Crippen LogP contribution in [0.2, 0.25) is 0 Å². The van der Waals surface area contributed by atoms with Crippen molar-refractivity contribution in [2.24, 2.45) is 5.92 Å². The Bertz CT molecular complexity index is 899. The van der Waals surface area contributed by atoms with E-state index in [1.807, 2.05) is 34.1 Å². The summed E-state index contributed by atoms with van der Waals surface area (Å²) in [5, 5.41) is 3.03. The molecular weight excluding hydrogens is 386 g/mol. The molecule has 164 valence electrons. The lowest BCUT2D eigenvalue weighted by molar-refractivity contribution is -0.119. The van der Waals surface area contributed by atoms with Gasteiger partial charge in [0, 0.05) is 36.9 Å². The maximum Gasteiger partial charge on any atom is 0.324 e. The fourth-order valence-electron chi connectivity index (χ4n) is 4.55. The van der Waals surface area contributed by atoms with Crippen molar-refractivity contribution in [3.05, 3.63) is 59.7 Å². The SMILES string of the molecule is CC(C)c1ccc(CN2CCCN(c3ccc(NC(=O)C4CCCC4)cc3)C2=O)cc1. The van der Waals surface area contributed by atoms with E-state index in [-0.39, 0.29) is 17.9 Å². The highest BCUT2D eigenvalue weighted by Gasteiger charge is 2.27. The molecule has 31 heavy (non-hydrogen) atoms. The van der Waals surface area contributed by atoms with Crippen molar-refractivity contribution < 1.29 is 9.59 Å². The second kappa shape index (κ2) is 9.54. The molecule has 0 spiro atoms. The Balaban J connectivity index is 1.38. The Morgan fingerprint density at radius 3 is 2.29 bits per heavy atom. The molecule has 3 amide bonds. The van der Waals surface area contributed by atoms with E-state index in [9.17, 15) is 9.59 Å². The van der Waals surface area contributed by atoms with Crippen molar-refractivity contribution >= 4 is 23.3 Å². The first-order valence-corrected chi connectivity index (χ1v) is 11.6. The van der Waals surface area contributed by atoms with Gasteiger partial charge in [-0.1, -0.05) is 51.0 Å². The minimum absolute atomic E-state index is 0.0435. The zero-order valence-corrected chi connectivity index (χ0v) is 18.6. The van der Waals surface area contributed by atoms with E-state index in [4.69, 9.17) is 0 Å². The fraction of sp³-hybridized carbons (Fsp3) is 0.462. The molecular formula is C26H33N3O2. The number of urea groups is 1. The number of amides is 3. The van der Waals surface area contributed by atoms with Gasteiger partial charge in [0.2, 0.25) is 5.91 Å². The first kappa shape index (κ1) is 21.4. The van der Waals surface area contributed by atoms with Gasteiger partial charge in [-0.3, -0.25) is 9.69 Å². The molecule has 2 aromatic carbocycles. The monoisotopic (exact) mass is 419 g/mol. The highest BCUT2D eigenvalue weighted by Crippen LogP contribution is 2.27. The van der Waals surface area contributed by atoms with Crippen LogP contribution in [0.4, 0.5) is 16.2 Å². The highest BCUT2D eigenvalue weighted by molar-refractivity contribution is 5.95. The van der Waals surface area contributed by atoms with E-state index < -0.39 is 0 Å². The van der Waals surface area contributed by atoms with Crippen LogP contribution in [0, 0.1) is 5.92 Å². The van der Waals surface area contributed by atoms with E-state index in [0.29, 0.717) is 12.5 Å². The van der Waals surface area contributed by atoms with Crippen LogP contribution >= 0.6 is 0 Å². The highest BCUT2D eigenvalue weighted by atomic mass is 16.2. The number of nitrogens with zero attached hydrogens (tertiary/aromatic N) is 2. The van der Waals surface area contributed by atoms with Gasteiger partial charge in [0.05, 0.1) is 0 Å². The van der Waals surface area contributed by atoms with E-state index in [2.05, 4.69) is 43.4 Å². The predicted octanol–water partition coefficient (Wildman–Crippen LogP) is 5.77. The Morgan fingerprint density at radius 2 is 1.65 bits per heavy atom. The van der Waals surface area contributed by atoms with Crippen molar-refractivity contribution in [2.75, 3.05) is 23.3 Å². The number of hydrogen-bond acceptors (Lipinski definition) is 2. The first-order valence-electron chi connectivity index (χ1n) is 11.6. The molecule has 5 nitrogen and oxygen atoms in total. The van der Waals surface area contributed by atoms with Gasteiger partial charge < -0.3 is 10.2 Å². The molecule has 0 atom stereocenters. The number of carbonyl (C=O) groups is 2. The molecule has 1 heterocycles. The molecule has 1 saturated heterocycles. The van der Waals surface area contributed by atoms with Crippen LogP contribution in [0.1, 0.15) is 63.0 Å². The smallest absolute Gasteiger partial charge is 0.324 e. The summed E-state index contributed by atoms with van der Waals surface area (Å²) in [6.45, 7) is 6.49. The van der Waals surface area contributed by atoms with Crippen LogP contribution in [0.3, 0.4) is 0 Å². The molecule has 0 aromatic heterocycles. The quantitative estimate of drug-likeness (QED) is 0.646. The van der Waals surface area contributed by atoms with Gasteiger partial charge in [-0.2, -0.15) is 0 Å². The number of carbonyl (C=O) groups excluding carboxylic acids is 2. The summed E-state index contributed by atoms with van der Waals surface area (Å²) in [6.07, 6.45) is 5.21. The van der Waals surface area contributed by atoms with Crippen molar-refractivity contribution in [2.45, 2.75) is 58.4 Å². The van der Waals surface area contributed by atoms with Crippen LogP contribution in [-0.4, -0.2) is 29.9 Å². The van der Waals surface area contributed by atoms with E-state index >= 15 is 0 Å². The number of anilines is 2. The molecule has 5 heteroatoms.